The summed E-state index contributed by atoms with van der Waals surface area (Å²) < 4.78 is 0. The molecular weight excluding hydrogens is 256 g/mol. The van der Waals surface area contributed by atoms with E-state index in [2.05, 4.69) is 9.97 Å². The Morgan fingerprint density at radius 3 is 2.50 bits per heavy atom. The molecule has 0 spiro atoms. The number of rotatable bonds is 0. The molecule has 0 N–H and O–H groups in total. The summed E-state index contributed by atoms with van der Waals surface area (Å²) >= 11 is 0. The van der Waals surface area contributed by atoms with Crippen molar-refractivity contribution < 1.29 is 20.1 Å². The van der Waals surface area contributed by atoms with Gasteiger partial charge in [0.25, 0.3) is 0 Å². The summed E-state index contributed by atoms with van der Waals surface area (Å²) in [6.45, 7) is 0. The molecule has 0 atom stereocenters. The van der Waals surface area contributed by atoms with Gasteiger partial charge in [0, 0.05) is 20.1 Å². The van der Waals surface area contributed by atoms with Crippen LogP contribution >= 0.6 is 0 Å². The molecule has 2 nitrogen and oxygen atoms in total. The Labute approximate surface area is 49.3 Å². The Balaban J connectivity index is 0.000000250. The third-order valence-corrected chi connectivity index (χ3v) is 0.372. The molecule has 1 heterocycles. The SMILES string of the molecule is [Ir].c1c[n-]cn1. The Morgan fingerprint density at radius 1 is 1.50 bits per heavy atom. The van der Waals surface area contributed by atoms with Crippen molar-refractivity contribution in [3.8, 4) is 0 Å². The summed E-state index contributed by atoms with van der Waals surface area (Å²) in [7, 11) is 0. The van der Waals surface area contributed by atoms with E-state index in [1.807, 2.05) is 0 Å². The van der Waals surface area contributed by atoms with Gasteiger partial charge in [-0.15, -0.1) is 0 Å². The fourth-order valence-electron chi connectivity index (χ4n) is 0.192. The van der Waals surface area contributed by atoms with E-state index in [-0.39, 0.29) is 20.1 Å². The zero-order valence-corrected chi connectivity index (χ0v) is 5.35. The van der Waals surface area contributed by atoms with Crippen LogP contribution < -0.4 is 4.98 Å². The summed E-state index contributed by atoms with van der Waals surface area (Å²) in [6, 6.07) is 0. The molecule has 0 aliphatic heterocycles. The van der Waals surface area contributed by atoms with Crippen LogP contribution in [0, 0.1) is 0 Å². The van der Waals surface area contributed by atoms with Crippen molar-refractivity contribution in [2.75, 3.05) is 0 Å². The Bertz CT molecular complexity index is 65.3. The maximum Gasteiger partial charge on any atom is 0 e. The van der Waals surface area contributed by atoms with Crippen molar-refractivity contribution in [2.45, 2.75) is 0 Å². The van der Waals surface area contributed by atoms with E-state index in [0.29, 0.717) is 0 Å². The smallest absolute Gasteiger partial charge is 0 e. The van der Waals surface area contributed by atoms with Crippen molar-refractivity contribution in [3.05, 3.63) is 18.7 Å². The van der Waals surface area contributed by atoms with Gasteiger partial charge in [0.15, 0.2) is 0 Å². The largest absolute Gasteiger partial charge is 0.450 e. The number of aromatic nitrogens is 2. The van der Waals surface area contributed by atoms with Crippen molar-refractivity contribution in [2.24, 2.45) is 0 Å². The molecule has 1 aromatic rings. The molecule has 0 saturated carbocycles. The summed E-state index contributed by atoms with van der Waals surface area (Å²) in [5, 5.41) is 0. The van der Waals surface area contributed by atoms with Crippen LogP contribution in [0.4, 0.5) is 0 Å². The molecular formula is C3H3IrN2-. The van der Waals surface area contributed by atoms with Gasteiger partial charge in [-0.2, -0.15) is 0 Å². The molecule has 0 amide bonds. The van der Waals surface area contributed by atoms with Gasteiger partial charge < -0.3 is 9.97 Å². The van der Waals surface area contributed by atoms with Gasteiger partial charge in [0.05, 0.1) is 0 Å². The maximum absolute atomic E-state index is 3.61. The van der Waals surface area contributed by atoms with Crippen LogP contribution in [0.1, 0.15) is 0 Å². The molecule has 6 heavy (non-hydrogen) atoms. The molecule has 0 unspecified atom stereocenters. The van der Waals surface area contributed by atoms with Gasteiger partial charge >= 0.3 is 0 Å². The normalized spacial score (nSPS) is 6.67. The van der Waals surface area contributed by atoms with E-state index >= 15 is 0 Å². The first-order valence-corrected chi connectivity index (χ1v) is 1.37. The minimum absolute atomic E-state index is 0. The number of imidazole rings is 1. The second kappa shape index (κ2) is 3.07. The Morgan fingerprint density at radius 2 is 2.33 bits per heavy atom. The monoisotopic (exact) mass is 260 g/mol. The first kappa shape index (κ1) is 5.86. The number of nitrogens with zero attached hydrogens (tertiary/aromatic N) is 2. The average Bonchev–Trinajstić information content (AvgIpc) is 1.76. The Kier molecular flexibility index (Phi) is 2.99. The van der Waals surface area contributed by atoms with Gasteiger partial charge in [-0.3, -0.25) is 0 Å². The molecule has 1 aromatic heterocycles. The van der Waals surface area contributed by atoms with Gasteiger partial charge in [-0.1, -0.05) is 18.7 Å². The second-order valence-electron chi connectivity index (χ2n) is 0.712. The van der Waals surface area contributed by atoms with Gasteiger partial charge in [0.2, 0.25) is 0 Å². The minimum Gasteiger partial charge on any atom is -0.450 e. The van der Waals surface area contributed by atoms with Crippen LogP contribution in [0.3, 0.4) is 0 Å². The van der Waals surface area contributed by atoms with Crippen LogP contribution in [0.15, 0.2) is 18.7 Å². The molecule has 0 aliphatic rings. The first-order valence-electron chi connectivity index (χ1n) is 1.37. The first-order chi connectivity index (χ1) is 2.50. The maximum atomic E-state index is 3.61. The van der Waals surface area contributed by atoms with Crippen molar-refractivity contribution in [3.63, 3.8) is 0 Å². The third kappa shape index (κ3) is 1.34. The molecule has 0 aromatic carbocycles. The molecule has 1 radical (unpaired) electrons. The van der Waals surface area contributed by atoms with E-state index < -0.39 is 0 Å². The zero-order chi connectivity index (χ0) is 3.54. The van der Waals surface area contributed by atoms with Crippen LogP contribution in [0.25, 0.3) is 0 Å². The van der Waals surface area contributed by atoms with Crippen LogP contribution in [-0.4, -0.2) is 4.98 Å². The molecule has 0 bridgehead atoms. The fourth-order valence-corrected chi connectivity index (χ4v) is 0.192. The van der Waals surface area contributed by atoms with Crippen molar-refractivity contribution >= 4 is 0 Å². The van der Waals surface area contributed by atoms with Crippen LogP contribution in [0.2, 0.25) is 0 Å². The summed E-state index contributed by atoms with van der Waals surface area (Å²) in [6.07, 6.45) is 4.78. The van der Waals surface area contributed by atoms with Gasteiger partial charge in [-0.05, 0) is 0 Å². The van der Waals surface area contributed by atoms with Crippen LogP contribution in [0.5, 0.6) is 0 Å². The molecule has 1 rings (SSSR count). The second-order valence-corrected chi connectivity index (χ2v) is 0.712. The molecule has 0 aliphatic carbocycles. The summed E-state index contributed by atoms with van der Waals surface area (Å²) in [4.78, 5) is 7.22. The Hall–Kier alpha value is -0.141. The molecule has 35 valence electrons. The topological polar surface area (TPSA) is 27.0 Å². The van der Waals surface area contributed by atoms with E-state index in [9.17, 15) is 0 Å². The quantitative estimate of drug-likeness (QED) is 0.657. The summed E-state index contributed by atoms with van der Waals surface area (Å²) in [5.74, 6) is 0. The predicted octanol–water partition coefficient (Wildman–Crippen LogP) is 0.0363. The summed E-state index contributed by atoms with van der Waals surface area (Å²) in [5.41, 5.74) is 0. The predicted molar refractivity (Wildman–Crippen MR) is 17.6 cm³/mol. The van der Waals surface area contributed by atoms with Crippen molar-refractivity contribution in [1.82, 2.24) is 9.97 Å². The van der Waals surface area contributed by atoms with Gasteiger partial charge in [-0.25, -0.2) is 0 Å². The number of hydrogen-bond acceptors (Lipinski definition) is 1. The standard InChI is InChI=1S/C3H3N2.Ir/c1-2-5-3-4-1;/h1-3H;/q-1;. The zero-order valence-electron chi connectivity index (χ0n) is 2.96. The minimum atomic E-state index is 0. The molecule has 0 fully saturated rings. The average molecular weight is 259 g/mol. The molecule has 0 saturated heterocycles. The fraction of sp³-hybridized carbons (Fsp3) is 0. The van der Waals surface area contributed by atoms with E-state index in [1.54, 1.807) is 12.4 Å². The van der Waals surface area contributed by atoms with Crippen LogP contribution in [-0.2, 0) is 20.1 Å². The molecule has 3 heteroatoms. The van der Waals surface area contributed by atoms with Crippen molar-refractivity contribution in [1.29, 1.82) is 0 Å². The number of hydrogen-bond donors (Lipinski definition) is 0. The van der Waals surface area contributed by atoms with E-state index in [0.717, 1.165) is 0 Å². The van der Waals surface area contributed by atoms with E-state index in [1.165, 1.54) is 6.33 Å². The third-order valence-electron chi connectivity index (χ3n) is 0.372. The van der Waals surface area contributed by atoms with Gasteiger partial charge in [0.1, 0.15) is 0 Å². The van der Waals surface area contributed by atoms with E-state index in [4.69, 9.17) is 0 Å².